The zero-order valence-corrected chi connectivity index (χ0v) is 17.0. The molecule has 0 spiro atoms. The molecule has 0 aliphatic carbocycles. The molecule has 1 aliphatic heterocycles. The number of hydrogen-bond donors (Lipinski definition) is 1. The molecule has 2 aromatic heterocycles. The summed E-state index contributed by atoms with van der Waals surface area (Å²) in [5.74, 6) is 0.811. The summed E-state index contributed by atoms with van der Waals surface area (Å²) in [6.07, 6.45) is 2.85. The quantitative estimate of drug-likeness (QED) is 0.712. The van der Waals surface area contributed by atoms with Crippen LogP contribution >= 0.6 is 11.3 Å². The van der Waals surface area contributed by atoms with Crippen LogP contribution in [0.4, 0.5) is 5.82 Å². The largest absolute Gasteiger partial charge is 0.372 e. The van der Waals surface area contributed by atoms with Crippen molar-refractivity contribution in [2.24, 2.45) is 0 Å². The Morgan fingerprint density at radius 2 is 2.00 bits per heavy atom. The van der Waals surface area contributed by atoms with Gasteiger partial charge in [0, 0.05) is 30.5 Å². The van der Waals surface area contributed by atoms with Gasteiger partial charge >= 0.3 is 0 Å². The third-order valence-corrected chi connectivity index (χ3v) is 6.01. The van der Waals surface area contributed by atoms with E-state index < -0.39 is 0 Å². The van der Waals surface area contributed by atoms with Gasteiger partial charge in [0.2, 0.25) is 0 Å². The molecule has 28 heavy (non-hydrogen) atoms. The van der Waals surface area contributed by atoms with Gasteiger partial charge in [-0.15, -0.1) is 11.3 Å². The van der Waals surface area contributed by atoms with Gasteiger partial charge in [0.1, 0.15) is 5.82 Å². The van der Waals surface area contributed by atoms with Crippen LogP contribution in [0.1, 0.15) is 29.8 Å². The highest BCUT2D eigenvalue weighted by Crippen LogP contribution is 2.25. The van der Waals surface area contributed by atoms with Gasteiger partial charge in [-0.2, -0.15) is 0 Å². The maximum Gasteiger partial charge on any atom is 0.252 e. The topological polar surface area (TPSA) is 54.5 Å². The number of thiophene rings is 1. The van der Waals surface area contributed by atoms with E-state index in [0.29, 0.717) is 12.1 Å². The van der Waals surface area contributed by atoms with Crippen LogP contribution in [0, 0.1) is 0 Å². The van der Waals surface area contributed by atoms with Crippen LogP contribution in [0.3, 0.4) is 0 Å². The Kier molecular flexibility index (Phi) is 5.59. The lowest BCUT2D eigenvalue weighted by atomic mass is 10.1. The van der Waals surface area contributed by atoms with E-state index in [9.17, 15) is 4.79 Å². The van der Waals surface area contributed by atoms with Gasteiger partial charge in [-0.25, -0.2) is 4.98 Å². The van der Waals surface area contributed by atoms with E-state index >= 15 is 0 Å². The van der Waals surface area contributed by atoms with Gasteiger partial charge in [-0.1, -0.05) is 18.2 Å². The second-order valence-corrected chi connectivity index (χ2v) is 8.24. The molecule has 2 unspecified atom stereocenters. The lowest BCUT2D eigenvalue weighted by Crippen LogP contribution is -2.45. The molecule has 1 fully saturated rings. The number of carbonyl (C=O) groups excluding carboxylic acids is 1. The maximum atomic E-state index is 12.4. The van der Waals surface area contributed by atoms with E-state index in [0.717, 1.165) is 25.3 Å². The molecule has 1 aromatic carbocycles. The Labute approximate surface area is 169 Å². The Balaban J connectivity index is 1.33. The standard InChI is InChI=1S/C22H25N3O2S/c1-15-12-25(13-16(2)27-15)21-8-7-17(11-24-21)22(26)23-10-9-18-14-28-20-6-4-3-5-19(18)20/h3-8,11,14-16H,9-10,12-13H2,1-2H3,(H,23,26). The lowest BCUT2D eigenvalue weighted by molar-refractivity contribution is -0.00546. The van der Waals surface area contributed by atoms with E-state index in [1.54, 1.807) is 17.5 Å². The van der Waals surface area contributed by atoms with Crippen molar-refractivity contribution < 1.29 is 9.53 Å². The number of rotatable bonds is 5. The number of pyridine rings is 1. The monoisotopic (exact) mass is 395 g/mol. The predicted octanol–water partition coefficient (Wildman–Crippen LogP) is 3.88. The first kappa shape index (κ1) is 18.9. The summed E-state index contributed by atoms with van der Waals surface area (Å²) in [5, 5.41) is 6.46. The molecule has 4 rings (SSSR count). The van der Waals surface area contributed by atoms with Crippen molar-refractivity contribution in [2.75, 3.05) is 24.5 Å². The molecule has 2 atom stereocenters. The Morgan fingerprint density at radius 1 is 1.21 bits per heavy atom. The zero-order valence-electron chi connectivity index (χ0n) is 16.2. The van der Waals surface area contributed by atoms with Crippen molar-refractivity contribution >= 4 is 33.1 Å². The molecule has 0 radical (unpaired) electrons. The van der Waals surface area contributed by atoms with Crippen molar-refractivity contribution in [1.29, 1.82) is 0 Å². The van der Waals surface area contributed by atoms with Crippen molar-refractivity contribution in [1.82, 2.24) is 10.3 Å². The summed E-state index contributed by atoms with van der Waals surface area (Å²) in [7, 11) is 0. The second kappa shape index (κ2) is 8.29. The molecule has 1 N–H and O–H groups in total. The summed E-state index contributed by atoms with van der Waals surface area (Å²) in [5.41, 5.74) is 1.87. The second-order valence-electron chi connectivity index (χ2n) is 7.33. The summed E-state index contributed by atoms with van der Waals surface area (Å²) in [4.78, 5) is 19.2. The van der Waals surface area contributed by atoms with Gasteiger partial charge in [0.25, 0.3) is 5.91 Å². The summed E-state index contributed by atoms with van der Waals surface area (Å²) < 4.78 is 7.06. The minimum absolute atomic E-state index is 0.0812. The van der Waals surface area contributed by atoms with E-state index in [1.807, 2.05) is 12.1 Å². The summed E-state index contributed by atoms with van der Waals surface area (Å²) in [6.45, 7) is 6.39. The van der Waals surface area contributed by atoms with E-state index in [2.05, 4.69) is 58.7 Å². The Bertz CT molecular complexity index is 944. The van der Waals surface area contributed by atoms with Gasteiger partial charge < -0.3 is 15.0 Å². The van der Waals surface area contributed by atoms with Crippen LogP contribution in [0.25, 0.3) is 10.1 Å². The molecule has 1 aliphatic rings. The molecule has 0 saturated carbocycles. The number of carbonyl (C=O) groups is 1. The number of benzene rings is 1. The van der Waals surface area contributed by atoms with Gasteiger partial charge in [0.15, 0.2) is 0 Å². The smallest absolute Gasteiger partial charge is 0.252 e. The highest BCUT2D eigenvalue weighted by atomic mass is 32.1. The Morgan fingerprint density at radius 3 is 2.75 bits per heavy atom. The normalized spacial score (nSPS) is 19.7. The molecule has 146 valence electrons. The van der Waals surface area contributed by atoms with Crippen molar-refractivity contribution in [3.8, 4) is 0 Å². The fourth-order valence-electron chi connectivity index (χ4n) is 3.71. The molecule has 1 amide bonds. The van der Waals surface area contributed by atoms with Crippen LogP contribution in [0.5, 0.6) is 0 Å². The number of ether oxygens (including phenoxy) is 1. The number of amides is 1. The highest BCUT2D eigenvalue weighted by molar-refractivity contribution is 7.17. The summed E-state index contributed by atoms with van der Waals surface area (Å²) in [6, 6.07) is 12.2. The van der Waals surface area contributed by atoms with Crippen LogP contribution in [0.15, 0.2) is 48.0 Å². The number of nitrogens with one attached hydrogen (secondary N) is 1. The van der Waals surface area contributed by atoms with Crippen molar-refractivity contribution in [3.63, 3.8) is 0 Å². The minimum atomic E-state index is -0.0812. The van der Waals surface area contributed by atoms with Crippen molar-refractivity contribution in [3.05, 3.63) is 59.1 Å². The lowest BCUT2D eigenvalue weighted by Gasteiger charge is -2.36. The van der Waals surface area contributed by atoms with Crippen molar-refractivity contribution in [2.45, 2.75) is 32.5 Å². The van der Waals surface area contributed by atoms with Crippen LogP contribution in [0.2, 0.25) is 0 Å². The number of hydrogen-bond acceptors (Lipinski definition) is 5. The third kappa shape index (κ3) is 4.18. The third-order valence-electron chi connectivity index (χ3n) is 4.99. The highest BCUT2D eigenvalue weighted by Gasteiger charge is 2.23. The van der Waals surface area contributed by atoms with E-state index in [4.69, 9.17) is 4.74 Å². The fourth-order valence-corrected chi connectivity index (χ4v) is 4.71. The number of fused-ring (bicyclic) bond motifs is 1. The SMILES string of the molecule is CC1CN(c2ccc(C(=O)NCCc3csc4ccccc34)cn2)CC(C)O1. The number of nitrogens with zero attached hydrogens (tertiary/aromatic N) is 2. The first-order valence-corrected chi connectivity index (χ1v) is 10.6. The number of anilines is 1. The van der Waals surface area contributed by atoms with Crippen LogP contribution < -0.4 is 10.2 Å². The minimum Gasteiger partial charge on any atom is -0.372 e. The molecule has 6 heteroatoms. The zero-order chi connectivity index (χ0) is 19.5. The molecular weight excluding hydrogens is 370 g/mol. The van der Waals surface area contributed by atoms with Gasteiger partial charge in [-0.3, -0.25) is 4.79 Å². The molecular formula is C22H25N3O2S. The maximum absolute atomic E-state index is 12.4. The molecule has 0 bridgehead atoms. The van der Waals surface area contributed by atoms with E-state index in [-0.39, 0.29) is 18.1 Å². The first-order chi connectivity index (χ1) is 13.6. The fraction of sp³-hybridized carbons (Fsp3) is 0.364. The average molecular weight is 396 g/mol. The molecule has 3 heterocycles. The predicted molar refractivity (Wildman–Crippen MR) is 114 cm³/mol. The summed E-state index contributed by atoms with van der Waals surface area (Å²) >= 11 is 1.75. The van der Waals surface area contributed by atoms with E-state index in [1.165, 1.54) is 15.6 Å². The average Bonchev–Trinajstić information content (AvgIpc) is 3.10. The van der Waals surface area contributed by atoms with Crippen LogP contribution in [-0.2, 0) is 11.2 Å². The number of morpholine rings is 1. The first-order valence-electron chi connectivity index (χ1n) is 9.70. The molecule has 5 nitrogen and oxygen atoms in total. The van der Waals surface area contributed by atoms with Gasteiger partial charge in [-0.05, 0) is 54.8 Å². The van der Waals surface area contributed by atoms with Crippen LogP contribution in [-0.4, -0.2) is 42.7 Å². The Hall–Kier alpha value is -2.44. The number of aromatic nitrogens is 1. The molecule has 1 saturated heterocycles. The molecule has 3 aromatic rings. The van der Waals surface area contributed by atoms with Gasteiger partial charge in [0.05, 0.1) is 17.8 Å².